The van der Waals surface area contributed by atoms with Gasteiger partial charge in [-0.2, -0.15) is 0 Å². The molecule has 1 N–H and O–H groups in total. The molecule has 0 aromatic carbocycles. The first-order valence-corrected chi connectivity index (χ1v) is 8.06. The maximum Gasteiger partial charge on any atom is 0.209 e. The van der Waals surface area contributed by atoms with E-state index in [9.17, 15) is 0 Å². The molecule has 0 amide bonds. The van der Waals surface area contributed by atoms with Crippen LogP contribution in [0, 0.1) is 0 Å². The number of aromatic nitrogens is 5. The first kappa shape index (κ1) is 15.9. The van der Waals surface area contributed by atoms with Crippen molar-refractivity contribution in [1.29, 1.82) is 0 Å². The second-order valence-electron chi connectivity index (χ2n) is 5.82. The summed E-state index contributed by atoms with van der Waals surface area (Å²) >= 11 is 1.68. The van der Waals surface area contributed by atoms with Crippen LogP contribution in [0.4, 0.5) is 0 Å². The lowest BCUT2D eigenvalue weighted by Crippen LogP contribution is -2.38. The van der Waals surface area contributed by atoms with Crippen molar-refractivity contribution in [2.24, 2.45) is 0 Å². The van der Waals surface area contributed by atoms with Gasteiger partial charge in [0, 0.05) is 30.2 Å². The van der Waals surface area contributed by atoms with Crippen LogP contribution in [0.5, 0.6) is 0 Å². The molecule has 0 aliphatic rings. The summed E-state index contributed by atoms with van der Waals surface area (Å²) in [4.78, 5) is 4.12. The lowest BCUT2D eigenvalue weighted by Gasteiger charge is -2.20. The van der Waals surface area contributed by atoms with Gasteiger partial charge >= 0.3 is 0 Å². The first-order chi connectivity index (χ1) is 10.0. The van der Waals surface area contributed by atoms with Crippen molar-refractivity contribution < 1.29 is 0 Å². The second kappa shape index (κ2) is 7.51. The number of rotatable bonds is 7. The zero-order valence-electron chi connectivity index (χ0n) is 12.8. The van der Waals surface area contributed by atoms with Gasteiger partial charge in [0.2, 0.25) is 5.16 Å². The van der Waals surface area contributed by atoms with Gasteiger partial charge in [-0.1, -0.05) is 17.8 Å². The van der Waals surface area contributed by atoms with Gasteiger partial charge < -0.3 is 5.32 Å². The zero-order valence-corrected chi connectivity index (χ0v) is 13.6. The lowest BCUT2D eigenvalue weighted by molar-refractivity contribution is 0.396. The van der Waals surface area contributed by atoms with Crippen molar-refractivity contribution in [3.8, 4) is 0 Å². The van der Waals surface area contributed by atoms with Gasteiger partial charge in [0.1, 0.15) is 0 Å². The van der Waals surface area contributed by atoms with E-state index in [0.29, 0.717) is 0 Å². The first-order valence-electron chi connectivity index (χ1n) is 7.07. The summed E-state index contributed by atoms with van der Waals surface area (Å²) in [6.45, 7) is 8.08. The summed E-state index contributed by atoms with van der Waals surface area (Å²) in [6, 6.07) is 4.05. The SMILES string of the molecule is CC(C)(C)NCCn1nnnc1SCCc1cccnc1. The number of pyridine rings is 1. The topological polar surface area (TPSA) is 68.5 Å². The molecule has 0 aliphatic heterocycles. The summed E-state index contributed by atoms with van der Waals surface area (Å²) < 4.78 is 1.85. The highest BCUT2D eigenvalue weighted by Crippen LogP contribution is 2.15. The van der Waals surface area contributed by atoms with Crippen LogP contribution in [-0.2, 0) is 13.0 Å². The van der Waals surface area contributed by atoms with Crippen LogP contribution in [0.2, 0.25) is 0 Å². The molecule has 0 saturated carbocycles. The van der Waals surface area contributed by atoms with E-state index in [4.69, 9.17) is 0 Å². The summed E-state index contributed by atoms with van der Waals surface area (Å²) in [5.74, 6) is 0.943. The number of nitrogens with zero attached hydrogens (tertiary/aromatic N) is 5. The maximum absolute atomic E-state index is 4.12. The summed E-state index contributed by atoms with van der Waals surface area (Å²) in [5.41, 5.74) is 1.35. The monoisotopic (exact) mass is 306 g/mol. The molecular weight excluding hydrogens is 284 g/mol. The van der Waals surface area contributed by atoms with Gasteiger partial charge in [0.15, 0.2) is 0 Å². The Balaban J connectivity index is 1.78. The van der Waals surface area contributed by atoms with Crippen molar-refractivity contribution in [2.75, 3.05) is 12.3 Å². The number of tetrazole rings is 1. The summed E-state index contributed by atoms with van der Waals surface area (Å²) in [7, 11) is 0. The Morgan fingerprint density at radius 3 is 2.90 bits per heavy atom. The molecular formula is C14H22N6S. The highest BCUT2D eigenvalue weighted by Gasteiger charge is 2.10. The smallest absolute Gasteiger partial charge is 0.209 e. The Hall–Kier alpha value is -1.47. The van der Waals surface area contributed by atoms with Crippen molar-refractivity contribution in [3.63, 3.8) is 0 Å². The molecule has 7 heteroatoms. The fourth-order valence-corrected chi connectivity index (χ4v) is 2.67. The van der Waals surface area contributed by atoms with E-state index in [1.54, 1.807) is 18.0 Å². The van der Waals surface area contributed by atoms with Gasteiger partial charge in [-0.25, -0.2) is 4.68 Å². The molecule has 0 saturated heterocycles. The van der Waals surface area contributed by atoms with Gasteiger partial charge in [0.25, 0.3) is 0 Å². The molecule has 0 fully saturated rings. The predicted octanol–water partition coefficient (Wildman–Crippen LogP) is 1.79. The standard InChI is InChI=1S/C14H22N6S/c1-14(2,3)16-8-9-20-13(17-18-19-20)21-10-6-12-5-4-7-15-11-12/h4-5,7,11,16H,6,8-10H2,1-3H3. The van der Waals surface area contributed by atoms with Gasteiger partial charge in [-0.3, -0.25) is 4.98 Å². The third-order valence-corrected chi connectivity index (χ3v) is 3.78. The zero-order chi connectivity index (χ0) is 15.1. The summed E-state index contributed by atoms with van der Waals surface area (Å²) in [5, 5.41) is 16.2. The molecule has 114 valence electrons. The summed E-state index contributed by atoms with van der Waals surface area (Å²) in [6.07, 6.45) is 4.65. The molecule has 0 spiro atoms. The van der Waals surface area contributed by atoms with Crippen LogP contribution in [0.3, 0.4) is 0 Å². The van der Waals surface area contributed by atoms with Crippen LogP contribution >= 0.6 is 11.8 Å². The van der Waals surface area contributed by atoms with Crippen LogP contribution in [0.15, 0.2) is 29.7 Å². The second-order valence-corrected chi connectivity index (χ2v) is 6.88. The Bertz CT molecular complexity index is 534. The minimum Gasteiger partial charge on any atom is -0.310 e. The quantitative estimate of drug-likeness (QED) is 0.787. The van der Waals surface area contributed by atoms with E-state index in [-0.39, 0.29) is 5.54 Å². The third-order valence-electron chi connectivity index (χ3n) is 2.82. The molecule has 2 aromatic rings. The van der Waals surface area contributed by atoms with Crippen molar-refractivity contribution in [3.05, 3.63) is 30.1 Å². The van der Waals surface area contributed by atoms with Crippen molar-refractivity contribution in [1.82, 2.24) is 30.5 Å². The molecule has 2 heterocycles. The average molecular weight is 306 g/mol. The lowest BCUT2D eigenvalue weighted by atomic mass is 10.1. The van der Waals surface area contributed by atoms with Crippen LogP contribution in [0.25, 0.3) is 0 Å². The fraction of sp³-hybridized carbons (Fsp3) is 0.571. The van der Waals surface area contributed by atoms with E-state index < -0.39 is 0 Å². The fourth-order valence-electron chi connectivity index (χ4n) is 1.78. The number of hydrogen-bond acceptors (Lipinski definition) is 6. The molecule has 2 aromatic heterocycles. The van der Waals surface area contributed by atoms with E-state index in [2.05, 4.69) is 52.7 Å². The third kappa shape index (κ3) is 5.81. The van der Waals surface area contributed by atoms with Crippen molar-refractivity contribution in [2.45, 2.75) is 44.4 Å². The Labute approximate surface area is 129 Å². The number of thioether (sulfide) groups is 1. The molecule has 6 nitrogen and oxygen atoms in total. The molecule has 0 unspecified atom stereocenters. The Morgan fingerprint density at radius 2 is 2.19 bits per heavy atom. The highest BCUT2D eigenvalue weighted by atomic mass is 32.2. The van der Waals surface area contributed by atoms with Crippen LogP contribution in [-0.4, -0.2) is 43.0 Å². The normalized spacial score (nSPS) is 11.8. The predicted molar refractivity (Wildman–Crippen MR) is 84.2 cm³/mol. The number of nitrogens with one attached hydrogen (secondary N) is 1. The van der Waals surface area contributed by atoms with Crippen LogP contribution < -0.4 is 5.32 Å². The maximum atomic E-state index is 4.12. The molecule has 0 aliphatic carbocycles. The molecule has 21 heavy (non-hydrogen) atoms. The highest BCUT2D eigenvalue weighted by molar-refractivity contribution is 7.99. The van der Waals surface area contributed by atoms with Gasteiger partial charge in [-0.05, 0) is 49.2 Å². The minimum absolute atomic E-state index is 0.113. The molecule has 0 bridgehead atoms. The van der Waals surface area contributed by atoms with Gasteiger partial charge in [-0.15, -0.1) is 5.10 Å². The number of aryl methyl sites for hydroxylation is 1. The van der Waals surface area contributed by atoms with E-state index in [0.717, 1.165) is 30.4 Å². The molecule has 0 atom stereocenters. The molecule has 0 radical (unpaired) electrons. The minimum atomic E-state index is 0.113. The van der Waals surface area contributed by atoms with Gasteiger partial charge in [0.05, 0.1) is 6.54 Å². The van der Waals surface area contributed by atoms with Crippen molar-refractivity contribution >= 4 is 11.8 Å². The van der Waals surface area contributed by atoms with E-state index in [1.165, 1.54) is 5.56 Å². The Morgan fingerprint density at radius 1 is 1.33 bits per heavy atom. The number of hydrogen-bond donors (Lipinski definition) is 1. The largest absolute Gasteiger partial charge is 0.310 e. The molecule has 2 rings (SSSR count). The average Bonchev–Trinajstić information content (AvgIpc) is 2.86. The Kier molecular flexibility index (Phi) is 5.69. The van der Waals surface area contributed by atoms with E-state index in [1.807, 2.05) is 16.9 Å². The van der Waals surface area contributed by atoms with E-state index >= 15 is 0 Å². The van der Waals surface area contributed by atoms with Crippen LogP contribution in [0.1, 0.15) is 26.3 Å².